The van der Waals surface area contributed by atoms with Crippen molar-refractivity contribution < 1.29 is 9.16 Å². The summed E-state index contributed by atoms with van der Waals surface area (Å²) in [4.78, 5) is 0. The molecule has 1 aliphatic rings. The van der Waals surface area contributed by atoms with Gasteiger partial charge in [-0.1, -0.05) is 0 Å². The second-order valence-electron chi connectivity index (χ2n) is 4.05. The molecule has 0 aromatic rings. The van der Waals surface area contributed by atoms with Crippen LogP contribution >= 0.6 is 0 Å². The molecule has 0 radical (unpaired) electrons. The Balaban J connectivity index is 2.53. The molecule has 1 aliphatic heterocycles. The molecule has 0 bridgehead atoms. The first-order chi connectivity index (χ1) is 4.99. The van der Waals surface area contributed by atoms with Crippen molar-refractivity contribution in [1.82, 2.24) is 0 Å². The van der Waals surface area contributed by atoms with Gasteiger partial charge in [0.2, 0.25) is 8.32 Å². The molecule has 0 spiro atoms. The van der Waals surface area contributed by atoms with Gasteiger partial charge in [0.05, 0.1) is 12.3 Å². The fraction of sp³-hybridized carbons (Fsp3) is 1.00. The highest BCUT2D eigenvalue weighted by atomic mass is 28.4. The molecule has 0 aliphatic carbocycles. The van der Waals surface area contributed by atoms with Crippen LogP contribution < -0.4 is 0 Å². The molecule has 1 saturated heterocycles. The molecule has 3 heteroatoms. The molecule has 66 valence electrons. The van der Waals surface area contributed by atoms with Crippen molar-refractivity contribution in [2.24, 2.45) is 0 Å². The maximum atomic E-state index is 5.88. The molecule has 2 nitrogen and oxygen atoms in total. The van der Waals surface area contributed by atoms with Crippen LogP contribution in [-0.4, -0.2) is 26.8 Å². The summed E-state index contributed by atoms with van der Waals surface area (Å²) in [6.07, 6.45) is 2.64. The van der Waals surface area contributed by atoms with Gasteiger partial charge in [0.15, 0.2) is 0 Å². The standard InChI is InChI=1S/C8H18O2Si/c1-7-5-8(2)10-11(3,4)6-9-7/h7-8H,5-6H2,1-4H3. The van der Waals surface area contributed by atoms with Crippen molar-refractivity contribution in [3.63, 3.8) is 0 Å². The molecule has 0 amide bonds. The van der Waals surface area contributed by atoms with E-state index in [-0.39, 0.29) is 0 Å². The summed E-state index contributed by atoms with van der Waals surface area (Å²) in [5, 5.41) is 0. The van der Waals surface area contributed by atoms with E-state index in [1.807, 2.05) is 0 Å². The molecule has 0 aromatic carbocycles. The molecular weight excluding hydrogens is 156 g/mol. The van der Waals surface area contributed by atoms with E-state index in [0.29, 0.717) is 12.2 Å². The van der Waals surface area contributed by atoms with E-state index >= 15 is 0 Å². The topological polar surface area (TPSA) is 18.5 Å². The molecule has 0 N–H and O–H groups in total. The Morgan fingerprint density at radius 2 is 1.82 bits per heavy atom. The van der Waals surface area contributed by atoms with Crippen LogP contribution in [0.2, 0.25) is 13.1 Å². The second kappa shape index (κ2) is 3.25. The van der Waals surface area contributed by atoms with Gasteiger partial charge in [0, 0.05) is 6.10 Å². The summed E-state index contributed by atoms with van der Waals surface area (Å²) in [6, 6.07) is 0. The zero-order valence-electron chi connectivity index (χ0n) is 7.89. The van der Waals surface area contributed by atoms with Crippen molar-refractivity contribution in [3.05, 3.63) is 0 Å². The molecule has 11 heavy (non-hydrogen) atoms. The number of hydrogen-bond donors (Lipinski definition) is 0. The highest BCUT2D eigenvalue weighted by Gasteiger charge is 2.30. The molecular formula is C8H18O2Si. The quantitative estimate of drug-likeness (QED) is 0.523. The lowest BCUT2D eigenvalue weighted by atomic mass is 10.2. The van der Waals surface area contributed by atoms with Crippen LogP contribution in [0.15, 0.2) is 0 Å². The first-order valence-corrected chi connectivity index (χ1v) is 7.40. The van der Waals surface area contributed by atoms with Crippen LogP contribution in [0.1, 0.15) is 20.3 Å². The van der Waals surface area contributed by atoms with E-state index in [0.717, 1.165) is 12.7 Å². The third kappa shape index (κ3) is 2.93. The van der Waals surface area contributed by atoms with Gasteiger partial charge in [-0.15, -0.1) is 0 Å². The van der Waals surface area contributed by atoms with Crippen molar-refractivity contribution in [3.8, 4) is 0 Å². The lowest BCUT2D eigenvalue weighted by Crippen LogP contribution is -2.37. The Labute approximate surface area is 70.0 Å². The molecule has 1 heterocycles. The zero-order valence-corrected chi connectivity index (χ0v) is 8.89. The SMILES string of the molecule is CC1CC(C)O[Si](C)(C)CO1. The number of ether oxygens (including phenoxy) is 1. The van der Waals surface area contributed by atoms with Gasteiger partial charge >= 0.3 is 0 Å². The Hall–Kier alpha value is 0.137. The Morgan fingerprint density at radius 3 is 2.45 bits per heavy atom. The minimum absolute atomic E-state index is 0.374. The summed E-state index contributed by atoms with van der Waals surface area (Å²) in [7, 11) is -1.47. The molecule has 0 saturated carbocycles. The Kier molecular flexibility index (Phi) is 2.73. The van der Waals surface area contributed by atoms with Crippen LogP contribution in [-0.2, 0) is 9.16 Å². The van der Waals surface area contributed by atoms with Crippen molar-refractivity contribution in [2.45, 2.75) is 45.6 Å². The first-order valence-electron chi connectivity index (χ1n) is 4.29. The predicted octanol–water partition coefficient (Wildman–Crippen LogP) is 1.94. The van der Waals surface area contributed by atoms with Gasteiger partial charge in [-0.05, 0) is 33.4 Å². The maximum absolute atomic E-state index is 5.88. The fourth-order valence-electron chi connectivity index (χ4n) is 1.51. The number of rotatable bonds is 0. The smallest absolute Gasteiger partial charge is 0.212 e. The van der Waals surface area contributed by atoms with Crippen molar-refractivity contribution in [1.29, 1.82) is 0 Å². The third-order valence-electron chi connectivity index (χ3n) is 1.90. The van der Waals surface area contributed by atoms with Gasteiger partial charge in [-0.3, -0.25) is 0 Å². The summed E-state index contributed by atoms with van der Waals surface area (Å²) in [6.45, 7) is 8.68. The van der Waals surface area contributed by atoms with E-state index in [1.54, 1.807) is 0 Å². The third-order valence-corrected chi connectivity index (χ3v) is 3.80. The second-order valence-corrected chi connectivity index (χ2v) is 8.09. The van der Waals surface area contributed by atoms with E-state index in [9.17, 15) is 0 Å². The van der Waals surface area contributed by atoms with Crippen LogP contribution in [0.5, 0.6) is 0 Å². The molecule has 2 atom stereocenters. The Bertz CT molecular complexity index is 136. The maximum Gasteiger partial charge on any atom is 0.212 e. The van der Waals surface area contributed by atoms with Crippen LogP contribution in [0, 0.1) is 0 Å². The monoisotopic (exact) mass is 174 g/mol. The van der Waals surface area contributed by atoms with E-state index in [1.165, 1.54) is 0 Å². The first kappa shape index (κ1) is 9.23. The molecule has 1 fully saturated rings. The minimum Gasteiger partial charge on any atom is -0.412 e. The lowest BCUT2D eigenvalue weighted by Gasteiger charge is -2.22. The average molecular weight is 174 g/mol. The average Bonchev–Trinajstić information content (AvgIpc) is 1.90. The van der Waals surface area contributed by atoms with Gasteiger partial charge < -0.3 is 9.16 Å². The van der Waals surface area contributed by atoms with E-state index in [4.69, 9.17) is 9.16 Å². The van der Waals surface area contributed by atoms with Gasteiger partial charge in [-0.2, -0.15) is 0 Å². The highest BCUT2D eigenvalue weighted by Crippen LogP contribution is 2.18. The van der Waals surface area contributed by atoms with Gasteiger partial charge in [-0.25, -0.2) is 0 Å². The number of hydrogen-bond acceptors (Lipinski definition) is 2. The Morgan fingerprint density at radius 1 is 1.18 bits per heavy atom. The normalized spacial score (nSPS) is 38.2. The summed E-state index contributed by atoms with van der Waals surface area (Å²) in [5.74, 6) is 0. The predicted molar refractivity (Wildman–Crippen MR) is 48.1 cm³/mol. The summed E-state index contributed by atoms with van der Waals surface area (Å²) < 4.78 is 11.5. The molecule has 2 unspecified atom stereocenters. The highest BCUT2D eigenvalue weighted by molar-refractivity contribution is 6.71. The summed E-state index contributed by atoms with van der Waals surface area (Å²) in [5.41, 5.74) is 0. The molecule has 1 rings (SSSR count). The van der Waals surface area contributed by atoms with Crippen molar-refractivity contribution in [2.75, 3.05) is 6.23 Å². The summed E-state index contributed by atoms with van der Waals surface area (Å²) >= 11 is 0. The van der Waals surface area contributed by atoms with E-state index < -0.39 is 8.32 Å². The van der Waals surface area contributed by atoms with Crippen molar-refractivity contribution >= 4 is 8.32 Å². The van der Waals surface area contributed by atoms with Crippen LogP contribution in [0.3, 0.4) is 0 Å². The molecule has 0 aromatic heterocycles. The van der Waals surface area contributed by atoms with E-state index in [2.05, 4.69) is 26.9 Å². The van der Waals surface area contributed by atoms with Gasteiger partial charge in [0.25, 0.3) is 0 Å². The lowest BCUT2D eigenvalue weighted by molar-refractivity contribution is 0.0872. The zero-order chi connectivity index (χ0) is 8.48. The largest absolute Gasteiger partial charge is 0.412 e. The minimum atomic E-state index is -1.47. The van der Waals surface area contributed by atoms with Crippen LogP contribution in [0.4, 0.5) is 0 Å². The van der Waals surface area contributed by atoms with Crippen LogP contribution in [0.25, 0.3) is 0 Å². The van der Waals surface area contributed by atoms with Gasteiger partial charge in [0.1, 0.15) is 0 Å². The fourth-order valence-corrected chi connectivity index (χ4v) is 3.44.